The molecule has 86 heavy (non-hydrogen) atoms. The zero-order valence-corrected chi connectivity index (χ0v) is 49.2. The number of hydrogen-bond donors (Lipinski definition) is 16. The van der Waals surface area contributed by atoms with Gasteiger partial charge in [-0.2, -0.15) is 0 Å². The van der Waals surface area contributed by atoms with Crippen LogP contribution in [0.4, 0.5) is 0 Å². The molecule has 34 nitrogen and oxygen atoms in total. The molecule has 15 atom stereocenters. The number of amides is 6. The van der Waals surface area contributed by atoms with Crippen LogP contribution in [-0.4, -0.2) is 317 Å². The molecule has 0 aromatic carbocycles. The van der Waals surface area contributed by atoms with E-state index in [0.29, 0.717) is 0 Å². The van der Waals surface area contributed by atoms with Gasteiger partial charge in [0.1, 0.15) is 73.1 Å². The molecule has 6 amide bonds. The van der Waals surface area contributed by atoms with Crippen molar-refractivity contribution in [3.63, 3.8) is 0 Å². The predicted molar refractivity (Wildman–Crippen MR) is 293 cm³/mol. The molecule has 500 valence electrons. The van der Waals surface area contributed by atoms with Gasteiger partial charge in [0.15, 0.2) is 18.9 Å². The third-order valence-electron chi connectivity index (χ3n) is 13.7. The number of hydrogen-bond acceptors (Lipinski definition) is 28. The van der Waals surface area contributed by atoms with Crippen molar-refractivity contribution >= 4 is 35.4 Å². The number of carbonyl (C=O) groups is 6. The van der Waals surface area contributed by atoms with Crippen molar-refractivity contribution in [3.8, 4) is 0 Å². The lowest BCUT2D eigenvalue weighted by Crippen LogP contribution is -2.64. The number of nitrogens with two attached hydrogens (primary N) is 1. The fourth-order valence-corrected chi connectivity index (χ4v) is 8.99. The van der Waals surface area contributed by atoms with E-state index in [4.69, 9.17) is 62.6 Å². The summed E-state index contributed by atoms with van der Waals surface area (Å²) in [6.45, 7) is 3.96. The van der Waals surface area contributed by atoms with Gasteiger partial charge >= 0.3 is 0 Å². The Hall–Kier alpha value is -4.06. The maximum Gasteiger partial charge on any atom is 0.220 e. The lowest BCUT2D eigenvalue weighted by molar-refractivity contribution is -0.272. The molecule has 3 rings (SSSR count). The summed E-state index contributed by atoms with van der Waals surface area (Å²) in [7, 11) is 0. The van der Waals surface area contributed by atoms with Crippen LogP contribution in [0.2, 0.25) is 0 Å². The average Bonchev–Trinajstić information content (AvgIpc) is 1.58. The summed E-state index contributed by atoms with van der Waals surface area (Å²) < 4.78 is 66.5. The van der Waals surface area contributed by atoms with Crippen LogP contribution < -0.4 is 37.6 Å². The van der Waals surface area contributed by atoms with E-state index in [0.717, 1.165) is 0 Å². The summed E-state index contributed by atoms with van der Waals surface area (Å²) >= 11 is 0. The van der Waals surface area contributed by atoms with Gasteiger partial charge in [-0.3, -0.25) is 28.8 Å². The van der Waals surface area contributed by atoms with Gasteiger partial charge in [0, 0.05) is 65.2 Å². The molecule has 0 saturated carbocycles. The zero-order valence-electron chi connectivity index (χ0n) is 49.2. The van der Waals surface area contributed by atoms with Crippen LogP contribution in [0.1, 0.15) is 59.3 Å². The number of ether oxygens (including phenoxy) is 12. The van der Waals surface area contributed by atoms with Crippen molar-refractivity contribution in [2.75, 3.05) is 139 Å². The van der Waals surface area contributed by atoms with E-state index in [1.54, 1.807) is 0 Å². The van der Waals surface area contributed by atoms with Gasteiger partial charge in [-0.25, -0.2) is 0 Å². The van der Waals surface area contributed by atoms with Gasteiger partial charge < -0.3 is 140 Å². The molecule has 3 heterocycles. The molecule has 3 fully saturated rings. The molecule has 0 radical (unpaired) electrons. The highest BCUT2D eigenvalue weighted by Gasteiger charge is 2.48. The van der Waals surface area contributed by atoms with Gasteiger partial charge in [0.05, 0.1) is 119 Å². The minimum Gasteiger partial charge on any atom is -0.394 e. The van der Waals surface area contributed by atoms with Crippen molar-refractivity contribution in [1.82, 2.24) is 31.9 Å². The third-order valence-corrected chi connectivity index (χ3v) is 13.7. The second-order valence-electron chi connectivity index (χ2n) is 20.5. The third kappa shape index (κ3) is 29.1. The summed E-state index contributed by atoms with van der Waals surface area (Å²) in [5.74, 6) is -2.48. The first kappa shape index (κ1) is 76.2. The highest BCUT2D eigenvalue weighted by atomic mass is 16.7. The quantitative estimate of drug-likeness (QED) is 0.0252. The molecule has 0 aliphatic carbocycles. The first-order valence-electron chi connectivity index (χ1n) is 28.7. The van der Waals surface area contributed by atoms with E-state index in [2.05, 4.69) is 31.9 Å². The molecule has 3 aliphatic rings. The van der Waals surface area contributed by atoms with Crippen molar-refractivity contribution < 1.29 is 132 Å². The summed E-state index contributed by atoms with van der Waals surface area (Å²) in [6.07, 6.45) is -15.2. The molecule has 3 aliphatic heterocycles. The fourth-order valence-electron chi connectivity index (χ4n) is 8.99. The van der Waals surface area contributed by atoms with Crippen molar-refractivity contribution in [3.05, 3.63) is 0 Å². The summed E-state index contributed by atoms with van der Waals surface area (Å²) in [4.78, 5) is 73.7. The monoisotopic (exact) mass is 1250 g/mol. The fraction of sp³-hybridized carbons (Fsp3) is 0.885. The van der Waals surface area contributed by atoms with E-state index in [1.807, 2.05) is 0 Å². The van der Waals surface area contributed by atoms with Crippen molar-refractivity contribution in [2.45, 2.75) is 157 Å². The topological polar surface area (TPSA) is 493 Å². The normalized spacial score (nSPS) is 28.2. The molecule has 0 aromatic rings. The van der Waals surface area contributed by atoms with E-state index in [-0.39, 0.29) is 175 Å². The maximum absolute atomic E-state index is 12.9. The number of rotatable bonds is 45. The maximum atomic E-state index is 12.9. The van der Waals surface area contributed by atoms with Crippen LogP contribution in [0.5, 0.6) is 0 Å². The Bertz CT molecular complexity index is 1730. The van der Waals surface area contributed by atoms with Crippen molar-refractivity contribution in [2.24, 2.45) is 5.73 Å². The molecule has 0 spiro atoms. The average molecular weight is 1250 g/mol. The van der Waals surface area contributed by atoms with Gasteiger partial charge in [-0.05, 0) is 19.3 Å². The second-order valence-corrected chi connectivity index (χ2v) is 20.5. The van der Waals surface area contributed by atoms with E-state index in [1.165, 1.54) is 20.8 Å². The first-order valence-corrected chi connectivity index (χ1v) is 28.7. The van der Waals surface area contributed by atoms with E-state index < -0.39 is 135 Å². The van der Waals surface area contributed by atoms with Crippen LogP contribution in [0, 0.1) is 0 Å². The summed E-state index contributed by atoms with van der Waals surface area (Å²) in [5, 5.41) is 106. The molecule has 3 saturated heterocycles. The molecule has 0 bridgehead atoms. The van der Waals surface area contributed by atoms with Crippen LogP contribution >= 0.6 is 0 Å². The summed E-state index contributed by atoms with van der Waals surface area (Å²) in [5.41, 5.74) is 5.69. The molecule has 0 aromatic heterocycles. The molecular formula is C52H95N7O27. The van der Waals surface area contributed by atoms with Gasteiger partial charge in [-0.1, -0.05) is 0 Å². The minimum absolute atomic E-state index is 0.0192. The number of aliphatic hydroxyl groups excluding tert-OH is 9. The van der Waals surface area contributed by atoms with Gasteiger partial charge in [0.25, 0.3) is 0 Å². The Morgan fingerprint density at radius 1 is 0.384 bits per heavy atom. The standard InChI is InChI=1S/C52H95N7O27/c1-31(63)57-40-46(72)43(69)34(28-60)84-49(40)81-25-22-78-19-16-75-13-10-54-37(66)4-7-52(53,8-5-38(67)55-11-14-76-17-20-79-23-26-82-50-41(58-32(2)64)47(73)44(70)35(29-61)85-50)9-6-39(68)56-12-15-77-18-21-80-24-27-83-51-42(59-33(3)65)48(74)45(71)36(30-62)86-51/h34-36,40-51,60-62,69-74H,4-30,53H2,1-3H3,(H,54,66)(H,55,67)(H,56,68)(H,57,63)(H,58,64)(H,59,65). The Morgan fingerprint density at radius 3 is 0.849 bits per heavy atom. The van der Waals surface area contributed by atoms with Gasteiger partial charge in [0.2, 0.25) is 35.4 Å². The Kier molecular flexibility index (Phi) is 37.9. The lowest BCUT2D eigenvalue weighted by Gasteiger charge is -2.42. The largest absolute Gasteiger partial charge is 0.394 e. The van der Waals surface area contributed by atoms with Crippen molar-refractivity contribution in [1.29, 1.82) is 0 Å². The van der Waals surface area contributed by atoms with E-state index in [9.17, 15) is 74.7 Å². The predicted octanol–water partition coefficient (Wildman–Crippen LogP) is -8.65. The second kappa shape index (κ2) is 42.8. The first-order chi connectivity index (χ1) is 41.1. The number of nitrogens with one attached hydrogen (secondary N) is 6. The molecule has 17 N–H and O–H groups in total. The summed E-state index contributed by atoms with van der Waals surface area (Å²) in [6, 6.07) is -3.26. The minimum atomic E-state index is -1.45. The highest BCUT2D eigenvalue weighted by Crippen LogP contribution is 2.26. The molecule has 34 heteroatoms. The highest BCUT2D eigenvalue weighted by molar-refractivity contribution is 5.78. The number of aliphatic hydroxyl groups is 9. The Labute approximate surface area is 498 Å². The molecule has 15 unspecified atom stereocenters. The van der Waals surface area contributed by atoms with Crippen LogP contribution in [0.15, 0.2) is 0 Å². The Balaban J connectivity index is 1.36. The van der Waals surface area contributed by atoms with Crippen LogP contribution in [0.3, 0.4) is 0 Å². The Morgan fingerprint density at radius 2 is 0.616 bits per heavy atom. The number of carbonyl (C=O) groups excluding carboxylic acids is 6. The molecular weight excluding hydrogens is 1150 g/mol. The lowest BCUT2D eigenvalue weighted by atomic mass is 9.84. The SMILES string of the molecule is CC(=O)NC1C(OCCOCCOCCNC(=O)CCC(N)(CCC(=O)NCCOCCOCCOC2OC(CO)C(O)C(O)C2NC(C)=O)CCC(=O)NCCOCCOCCOC2OC(CO)C(O)C(O)C2NC(C)=O)OC(CO)C(O)C1O. The smallest absolute Gasteiger partial charge is 0.220 e. The van der Waals surface area contributed by atoms with Crippen LogP contribution in [0.25, 0.3) is 0 Å². The zero-order chi connectivity index (χ0) is 63.4. The van der Waals surface area contributed by atoms with Crippen LogP contribution in [-0.2, 0) is 85.6 Å². The van der Waals surface area contributed by atoms with E-state index >= 15 is 0 Å². The van der Waals surface area contributed by atoms with Gasteiger partial charge in [-0.15, -0.1) is 0 Å².